The van der Waals surface area contributed by atoms with Gasteiger partial charge in [0.2, 0.25) is 5.91 Å². The fourth-order valence-electron chi connectivity index (χ4n) is 1.85. The van der Waals surface area contributed by atoms with Gasteiger partial charge in [0, 0.05) is 37.3 Å². The molecule has 0 radical (unpaired) electrons. The molecule has 0 bridgehead atoms. The Bertz CT molecular complexity index is 516. The van der Waals surface area contributed by atoms with Crippen LogP contribution in [0.3, 0.4) is 0 Å². The van der Waals surface area contributed by atoms with E-state index in [1.807, 2.05) is 12.1 Å². The van der Waals surface area contributed by atoms with E-state index in [0.717, 1.165) is 5.69 Å². The first-order valence-corrected chi connectivity index (χ1v) is 6.09. The number of amides is 3. The average molecular weight is 257 g/mol. The molecule has 5 heteroatoms. The Morgan fingerprint density at radius 2 is 2.16 bits per heavy atom. The molecule has 1 aliphatic heterocycles. The van der Waals surface area contributed by atoms with Crippen molar-refractivity contribution in [2.75, 3.05) is 23.3 Å². The largest absolute Gasteiger partial charge is 0.336 e. The summed E-state index contributed by atoms with van der Waals surface area (Å²) in [5.74, 6) is 2.32. The van der Waals surface area contributed by atoms with E-state index in [1.54, 1.807) is 17.0 Å². The summed E-state index contributed by atoms with van der Waals surface area (Å²) >= 11 is 0. The average Bonchev–Trinajstić information content (AvgIpc) is 2.83. The number of rotatable bonds is 4. The summed E-state index contributed by atoms with van der Waals surface area (Å²) in [6.07, 6.45) is 5.84. The topological polar surface area (TPSA) is 61.4 Å². The zero-order valence-electron chi connectivity index (χ0n) is 10.5. The number of hydrogen-bond donors (Lipinski definition) is 2. The van der Waals surface area contributed by atoms with Crippen LogP contribution in [0.15, 0.2) is 24.3 Å². The molecule has 98 valence electrons. The SMILES string of the molecule is C#CCCC(=O)Nc1ccc(N2CCNC2=O)cc1. The van der Waals surface area contributed by atoms with E-state index in [2.05, 4.69) is 16.6 Å². The van der Waals surface area contributed by atoms with Crippen molar-refractivity contribution in [3.63, 3.8) is 0 Å². The van der Waals surface area contributed by atoms with E-state index in [1.165, 1.54) is 0 Å². The maximum Gasteiger partial charge on any atom is 0.321 e. The van der Waals surface area contributed by atoms with Gasteiger partial charge in [-0.25, -0.2) is 4.79 Å². The van der Waals surface area contributed by atoms with Gasteiger partial charge in [-0.2, -0.15) is 0 Å². The van der Waals surface area contributed by atoms with Crippen LogP contribution in [-0.4, -0.2) is 25.0 Å². The summed E-state index contributed by atoms with van der Waals surface area (Å²) in [5, 5.41) is 5.49. The highest BCUT2D eigenvalue weighted by Gasteiger charge is 2.20. The highest BCUT2D eigenvalue weighted by atomic mass is 16.2. The van der Waals surface area contributed by atoms with Crippen LogP contribution in [-0.2, 0) is 4.79 Å². The highest BCUT2D eigenvalue weighted by Crippen LogP contribution is 2.19. The first kappa shape index (κ1) is 13.0. The molecule has 0 spiro atoms. The molecule has 1 saturated heterocycles. The predicted octanol–water partition coefficient (Wildman–Crippen LogP) is 1.57. The zero-order chi connectivity index (χ0) is 13.7. The molecule has 5 nitrogen and oxygen atoms in total. The summed E-state index contributed by atoms with van der Waals surface area (Å²) in [4.78, 5) is 24.6. The third-order valence-electron chi connectivity index (χ3n) is 2.82. The standard InChI is InChI=1S/C14H15N3O2/c1-2-3-4-13(18)16-11-5-7-12(8-6-11)17-10-9-15-14(17)19/h1,5-8H,3-4,9-10H2,(H,15,19)(H,16,18). The Morgan fingerprint density at radius 1 is 1.42 bits per heavy atom. The maximum atomic E-state index is 11.5. The molecule has 1 heterocycles. The lowest BCUT2D eigenvalue weighted by molar-refractivity contribution is -0.116. The van der Waals surface area contributed by atoms with Crippen LogP contribution in [0.25, 0.3) is 0 Å². The van der Waals surface area contributed by atoms with Crippen molar-refractivity contribution in [3.8, 4) is 12.3 Å². The second kappa shape index (κ2) is 5.91. The minimum atomic E-state index is -0.107. The molecule has 19 heavy (non-hydrogen) atoms. The number of nitrogens with one attached hydrogen (secondary N) is 2. The van der Waals surface area contributed by atoms with Gasteiger partial charge in [-0.15, -0.1) is 12.3 Å². The van der Waals surface area contributed by atoms with Crippen molar-refractivity contribution in [2.45, 2.75) is 12.8 Å². The van der Waals surface area contributed by atoms with Crippen LogP contribution in [0.1, 0.15) is 12.8 Å². The summed E-state index contributed by atoms with van der Waals surface area (Å²) < 4.78 is 0. The molecule has 0 aliphatic carbocycles. The molecule has 1 aromatic carbocycles. The van der Waals surface area contributed by atoms with Gasteiger partial charge in [0.25, 0.3) is 0 Å². The fraction of sp³-hybridized carbons (Fsp3) is 0.286. The molecule has 0 saturated carbocycles. The van der Waals surface area contributed by atoms with Crippen LogP contribution in [0.2, 0.25) is 0 Å². The van der Waals surface area contributed by atoms with Crippen LogP contribution in [0.5, 0.6) is 0 Å². The van der Waals surface area contributed by atoms with E-state index >= 15 is 0 Å². The molecule has 3 amide bonds. The third kappa shape index (κ3) is 3.26. The van der Waals surface area contributed by atoms with E-state index < -0.39 is 0 Å². The molecular formula is C14H15N3O2. The molecular weight excluding hydrogens is 242 g/mol. The predicted molar refractivity (Wildman–Crippen MR) is 73.9 cm³/mol. The van der Waals surface area contributed by atoms with E-state index in [9.17, 15) is 9.59 Å². The highest BCUT2D eigenvalue weighted by molar-refractivity contribution is 5.95. The lowest BCUT2D eigenvalue weighted by atomic mass is 10.2. The number of benzene rings is 1. The second-order valence-electron chi connectivity index (χ2n) is 4.18. The molecule has 0 unspecified atom stereocenters. The zero-order valence-corrected chi connectivity index (χ0v) is 10.5. The van der Waals surface area contributed by atoms with Crippen molar-refractivity contribution in [3.05, 3.63) is 24.3 Å². The third-order valence-corrected chi connectivity index (χ3v) is 2.82. The minimum absolute atomic E-state index is 0.0918. The van der Waals surface area contributed by atoms with Gasteiger partial charge in [-0.3, -0.25) is 9.69 Å². The number of hydrogen-bond acceptors (Lipinski definition) is 2. The normalized spacial score (nSPS) is 13.8. The smallest absolute Gasteiger partial charge is 0.321 e. The molecule has 1 fully saturated rings. The van der Waals surface area contributed by atoms with Crippen molar-refractivity contribution in [1.29, 1.82) is 0 Å². The molecule has 2 N–H and O–H groups in total. The van der Waals surface area contributed by atoms with Crippen molar-refractivity contribution >= 4 is 23.3 Å². The van der Waals surface area contributed by atoms with Gasteiger partial charge in [0.05, 0.1) is 0 Å². The van der Waals surface area contributed by atoms with Crippen molar-refractivity contribution < 1.29 is 9.59 Å². The Hall–Kier alpha value is -2.48. The maximum absolute atomic E-state index is 11.5. The first-order chi connectivity index (χ1) is 9.20. The van der Waals surface area contributed by atoms with E-state index in [-0.39, 0.29) is 11.9 Å². The van der Waals surface area contributed by atoms with Crippen LogP contribution in [0.4, 0.5) is 16.2 Å². The minimum Gasteiger partial charge on any atom is -0.336 e. The Kier molecular flexibility index (Phi) is 4.04. The lowest BCUT2D eigenvalue weighted by Gasteiger charge is -2.14. The van der Waals surface area contributed by atoms with Crippen LogP contribution < -0.4 is 15.5 Å². The fourth-order valence-corrected chi connectivity index (χ4v) is 1.85. The summed E-state index contributed by atoms with van der Waals surface area (Å²) in [6.45, 7) is 1.32. The van der Waals surface area contributed by atoms with Crippen LogP contribution >= 0.6 is 0 Å². The van der Waals surface area contributed by atoms with Gasteiger partial charge in [0.1, 0.15) is 0 Å². The molecule has 1 aliphatic rings. The monoisotopic (exact) mass is 257 g/mol. The number of nitrogens with zero attached hydrogens (tertiary/aromatic N) is 1. The quantitative estimate of drug-likeness (QED) is 0.804. The summed E-state index contributed by atoms with van der Waals surface area (Å²) in [5.41, 5.74) is 1.52. The molecule has 2 rings (SSSR count). The van der Waals surface area contributed by atoms with Gasteiger partial charge in [-0.05, 0) is 24.3 Å². The van der Waals surface area contributed by atoms with Gasteiger partial charge in [-0.1, -0.05) is 0 Å². The number of carbonyl (C=O) groups excluding carboxylic acids is 2. The summed E-state index contributed by atoms with van der Waals surface area (Å²) in [6, 6.07) is 7.07. The van der Waals surface area contributed by atoms with Crippen LogP contribution in [0, 0.1) is 12.3 Å². The van der Waals surface area contributed by atoms with Crippen molar-refractivity contribution in [2.24, 2.45) is 0 Å². The Balaban J connectivity index is 1.97. The van der Waals surface area contributed by atoms with Crippen molar-refractivity contribution in [1.82, 2.24) is 5.32 Å². The molecule has 1 aromatic rings. The number of urea groups is 1. The van der Waals surface area contributed by atoms with E-state index in [4.69, 9.17) is 6.42 Å². The number of terminal acetylenes is 1. The summed E-state index contributed by atoms with van der Waals surface area (Å²) in [7, 11) is 0. The number of anilines is 2. The Morgan fingerprint density at radius 3 is 2.74 bits per heavy atom. The first-order valence-electron chi connectivity index (χ1n) is 6.09. The van der Waals surface area contributed by atoms with Gasteiger partial charge in [0.15, 0.2) is 0 Å². The molecule has 0 aromatic heterocycles. The van der Waals surface area contributed by atoms with Gasteiger partial charge < -0.3 is 10.6 Å². The Labute approximate surface area is 112 Å². The molecule has 0 atom stereocenters. The number of carbonyl (C=O) groups is 2. The van der Waals surface area contributed by atoms with E-state index in [0.29, 0.717) is 31.6 Å². The second-order valence-corrected chi connectivity index (χ2v) is 4.18. The lowest BCUT2D eigenvalue weighted by Crippen LogP contribution is -2.27. The van der Waals surface area contributed by atoms with Gasteiger partial charge >= 0.3 is 6.03 Å².